The number of rotatable bonds is 11. The van der Waals surface area contributed by atoms with Crippen LogP contribution < -0.4 is 20.1 Å². The van der Waals surface area contributed by atoms with Crippen LogP contribution in [0.25, 0.3) is 0 Å². The number of methoxy groups -OCH3 is 2. The summed E-state index contributed by atoms with van der Waals surface area (Å²) in [4.78, 5) is 7.08. The van der Waals surface area contributed by atoms with Gasteiger partial charge in [-0.25, -0.2) is 4.99 Å². The highest BCUT2D eigenvalue weighted by Gasteiger charge is 2.05. The van der Waals surface area contributed by atoms with Crippen LogP contribution in [0.1, 0.15) is 32.8 Å². The smallest absolute Gasteiger partial charge is 0.191 e. The van der Waals surface area contributed by atoms with Gasteiger partial charge in [0.25, 0.3) is 0 Å². The summed E-state index contributed by atoms with van der Waals surface area (Å²) in [7, 11) is 3.29. The third kappa shape index (κ3) is 7.65. The fourth-order valence-corrected chi connectivity index (χ4v) is 2.54. The third-order valence-electron chi connectivity index (χ3n) is 4.05. The Bertz CT molecular complexity index is 516. The van der Waals surface area contributed by atoms with E-state index in [0.29, 0.717) is 6.54 Å². The van der Waals surface area contributed by atoms with Crippen LogP contribution in [-0.4, -0.2) is 57.8 Å². The molecule has 142 valence electrons. The molecule has 0 aliphatic rings. The molecule has 0 saturated heterocycles. The predicted octanol–water partition coefficient (Wildman–Crippen LogP) is 2.49. The van der Waals surface area contributed by atoms with Crippen molar-refractivity contribution in [2.75, 3.05) is 46.9 Å². The summed E-state index contributed by atoms with van der Waals surface area (Å²) < 4.78 is 10.6. The van der Waals surface area contributed by atoms with Gasteiger partial charge in [0.2, 0.25) is 0 Å². The van der Waals surface area contributed by atoms with Gasteiger partial charge in [0.05, 0.1) is 20.8 Å². The summed E-state index contributed by atoms with van der Waals surface area (Å²) in [6.45, 7) is 12.1. The highest BCUT2D eigenvalue weighted by atomic mass is 16.5. The summed E-state index contributed by atoms with van der Waals surface area (Å²) in [6.07, 6.45) is 1.10. The second-order valence-electron chi connectivity index (χ2n) is 5.69. The number of guanidine groups is 1. The fraction of sp³-hybridized carbons (Fsp3) is 0.632. The largest absolute Gasteiger partial charge is 0.493 e. The van der Waals surface area contributed by atoms with Crippen molar-refractivity contribution >= 4 is 5.96 Å². The first-order valence-corrected chi connectivity index (χ1v) is 9.13. The molecular formula is C19H34N4O2. The van der Waals surface area contributed by atoms with Gasteiger partial charge in [-0.3, -0.25) is 0 Å². The molecule has 0 unspecified atom stereocenters. The van der Waals surface area contributed by atoms with E-state index in [0.717, 1.165) is 62.2 Å². The van der Waals surface area contributed by atoms with Gasteiger partial charge in [-0.05, 0) is 50.7 Å². The molecule has 2 N–H and O–H groups in total. The van der Waals surface area contributed by atoms with Gasteiger partial charge < -0.3 is 25.0 Å². The lowest BCUT2D eigenvalue weighted by molar-refractivity contribution is 0.300. The van der Waals surface area contributed by atoms with Crippen LogP contribution >= 0.6 is 0 Å². The van der Waals surface area contributed by atoms with E-state index in [1.165, 1.54) is 0 Å². The summed E-state index contributed by atoms with van der Waals surface area (Å²) in [5.41, 5.74) is 1.08. The molecule has 6 heteroatoms. The zero-order valence-corrected chi connectivity index (χ0v) is 16.4. The second kappa shape index (κ2) is 12.4. The van der Waals surface area contributed by atoms with Gasteiger partial charge >= 0.3 is 0 Å². The molecule has 6 nitrogen and oxygen atoms in total. The van der Waals surface area contributed by atoms with E-state index in [2.05, 4.69) is 41.3 Å². The van der Waals surface area contributed by atoms with Crippen LogP contribution in [0.2, 0.25) is 0 Å². The Morgan fingerprint density at radius 3 is 2.36 bits per heavy atom. The minimum Gasteiger partial charge on any atom is -0.493 e. The van der Waals surface area contributed by atoms with Crippen molar-refractivity contribution in [1.82, 2.24) is 15.5 Å². The molecule has 0 aromatic heterocycles. The minimum absolute atomic E-state index is 0.589. The number of aliphatic imine (C=N–C) groups is 1. The molecule has 0 spiro atoms. The lowest BCUT2D eigenvalue weighted by Crippen LogP contribution is -2.38. The Morgan fingerprint density at radius 2 is 1.76 bits per heavy atom. The van der Waals surface area contributed by atoms with Gasteiger partial charge in [0, 0.05) is 13.1 Å². The lowest BCUT2D eigenvalue weighted by Gasteiger charge is -2.18. The van der Waals surface area contributed by atoms with Crippen LogP contribution in [0.4, 0.5) is 0 Å². The maximum atomic E-state index is 5.34. The predicted molar refractivity (Wildman–Crippen MR) is 105 cm³/mol. The maximum Gasteiger partial charge on any atom is 0.191 e. The van der Waals surface area contributed by atoms with Crippen molar-refractivity contribution < 1.29 is 9.47 Å². The van der Waals surface area contributed by atoms with Crippen molar-refractivity contribution in [3.8, 4) is 11.5 Å². The first-order valence-electron chi connectivity index (χ1n) is 9.13. The average Bonchev–Trinajstić information content (AvgIpc) is 2.65. The molecule has 0 radical (unpaired) electrons. The molecule has 0 aliphatic heterocycles. The Kier molecular flexibility index (Phi) is 10.5. The van der Waals surface area contributed by atoms with Gasteiger partial charge in [-0.15, -0.1) is 0 Å². The number of nitrogens with one attached hydrogen (secondary N) is 2. The zero-order valence-electron chi connectivity index (χ0n) is 16.4. The summed E-state index contributed by atoms with van der Waals surface area (Å²) >= 11 is 0. The molecule has 1 aromatic carbocycles. The molecule has 0 bridgehead atoms. The fourth-order valence-electron chi connectivity index (χ4n) is 2.54. The van der Waals surface area contributed by atoms with E-state index in [4.69, 9.17) is 9.47 Å². The van der Waals surface area contributed by atoms with Crippen molar-refractivity contribution in [2.45, 2.75) is 33.7 Å². The van der Waals surface area contributed by atoms with Crippen LogP contribution in [0.15, 0.2) is 23.2 Å². The van der Waals surface area contributed by atoms with Gasteiger partial charge in [-0.1, -0.05) is 19.9 Å². The number of nitrogens with zero attached hydrogens (tertiary/aromatic N) is 2. The highest BCUT2D eigenvalue weighted by molar-refractivity contribution is 5.79. The quantitative estimate of drug-likeness (QED) is 0.365. The topological polar surface area (TPSA) is 58.1 Å². The Morgan fingerprint density at radius 1 is 1.04 bits per heavy atom. The normalized spacial score (nSPS) is 11.5. The van der Waals surface area contributed by atoms with Crippen LogP contribution in [0, 0.1) is 0 Å². The molecule has 0 amide bonds. The van der Waals surface area contributed by atoms with Gasteiger partial charge in [0.1, 0.15) is 0 Å². The molecule has 0 aliphatic carbocycles. The number of benzene rings is 1. The van der Waals surface area contributed by atoms with E-state index in [-0.39, 0.29) is 0 Å². The number of hydrogen-bond acceptors (Lipinski definition) is 4. The SMILES string of the molecule is CCNC(=NCc1ccc(OC)c(OC)c1)NCCCN(CC)CC. The van der Waals surface area contributed by atoms with Crippen LogP contribution in [0.5, 0.6) is 11.5 Å². The first kappa shape index (κ1) is 21.1. The molecule has 0 atom stereocenters. The molecular weight excluding hydrogens is 316 g/mol. The molecule has 1 rings (SSSR count). The van der Waals surface area contributed by atoms with E-state index in [1.807, 2.05) is 18.2 Å². The Balaban J connectivity index is 2.57. The van der Waals surface area contributed by atoms with Crippen LogP contribution in [0.3, 0.4) is 0 Å². The van der Waals surface area contributed by atoms with E-state index in [1.54, 1.807) is 14.2 Å². The van der Waals surface area contributed by atoms with E-state index in [9.17, 15) is 0 Å². The molecule has 0 heterocycles. The summed E-state index contributed by atoms with van der Waals surface area (Å²) in [5.74, 6) is 2.31. The zero-order chi connectivity index (χ0) is 18.5. The average molecular weight is 351 g/mol. The third-order valence-corrected chi connectivity index (χ3v) is 4.05. The summed E-state index contributed by atoms with van der Waals surface area (Å²) in [5, 5.41) is 6.69. The molecule has 0 fully saturated rings. The van der Waals surface area contributed by atoms with Gasteiger partial charge in [0.15, 0.2) is 17.5 Å². The van der Waals surface area contributed by atoms with Crippen molar-refractivity contribution in [2.24, 2.45) is 4.99 Å². The van der Waals surface area contributed by atoms with E-state index < -0.39 is 0 Å². The second-order valence-corrected chi connectivity index (χ2v) is 5.69. The standard InChI is InChI=1S/C19H34N4O2/c1-6-20-19(21-12-9-13-23(7-2)8-3)22-15-16-10-11-17(24-4)18(14-16)25-5/h10-11,14H,6-9,12-13,15H2,1-5H3,(H2,20,21,22). The highest BCUT2D eigenvalue weighted by Crippen LogP contribution is 2.27. The van der Waals surface area contributed by atoms with Crippen molar-refractivity contribution in [3.05, 3.63) is 23.8 Å². The van der Waals surface area contributed by atoms with Gasteiger partial charge in [-0.2, -0.15) is 0 Å². The molecule has 1 aromatic rings. The lowest BCUT2D eigenvalue weighted by atomic mass is 10.2. The Hall–Kier alpha value is -1.95. The number of hydrogen-bond donors (Lipinski definition) is 2. The minimum atomic E-state index is 0.589. The van der Waals surface area contributed by atoms with Crippen molar-refractivity contribution in [1.29, 1.82) is 0 Å². The maximum absolute atomic E-state index is 5.34. The molecule has 0 saturated carbocycles. The first-order chi connectivity index (χ1) is 12.2. The Labute approximate surface area is 152 Å². The molecule has 25 heavy (non-hydrogen) atoms. The van der Waals surface area contributed by atoms with Crippen LogP contribution in [-0.2, 0) is 6.54 Å². The number of ether oxygens (including phenoxy) is 2. The summed E-state index contributed by atoms with van der Waals surface area (Å²) in [6, 6.07) is 5.88. The van der Waals surface area contributed by atoms with Crippen molar-refractivity contribution in [3.63, 3.8) is 0 Å². The monoisotopic (exact) mass is 350 g/mol. The van der Waals surface area contributed by atoms with E-state index >= 15 is 0 Å².